The summed E-state index contributed by atoms with van der Waals surface area (Å²) >= 11 is 1.43. The first-order valence-corrected chi connectivity index (χ1v) is 9.61. The Hall–Kier alpha value is -3.38. The second kappa shape index (κ2) is 7.32. The number of carbonyl (C=O) groups is 2. The first-order chi connectivity index (χ1) is 13.6. The van der Waals surface area contributed by atoms with E-state index in [9.17, 15) is 9.59 Å². The average Bonchev–Trinajstić information content (AvgIpc) is 3.29. The SMILES string of the molecule is COc1cccc(NC2=C(c3cccs3)C(=O)N(c3cccc(C)c3)C2=O)c1. The monoisotopic (exact) mass is 390 g/mol. The van der Waals surface area contributed by atoms with E-state index in [2.05, 4.69) is 5.32 Å². The van der Waals surface area contributed by atoms with Crippen molar-refractivity contribution in [2.75, 3.05) is 17.3 Å². The van der Waals surface area contributed by atoms with Crippen molar-refractivity contribution in [1.82, 2.24) is 0 Å². The lowest BCUT2D eigenvalue weighted by molar-refractivity contribution is -0.120. The maximum Gasteiger partial charge on any atom is 0.282 e. The van der Waals surface area contributed by atoms with Crippen molar-refractivity contribution in [2.24, 2.45) is 0 Å². The number of rotatable bonds is 5. The first kappa shape index (κ1) is 18.0. The fourth-order valence-corrected chi connectivity index (χ4v) is 3.91. The molecule has 4 rings (SSSR count). The van der Waals surface area contributed by atoms with Crippen molar-refractivity contribution >= 4 is 40.1 Å². The third-order valence-corrected chi connectivity index (χ3v) is 5.34. The highest BCUT2D eigenvalue weighted by atomic mass is 32.1. The van der Waals surface area contributed by atoms with Gasteiger partial charge in [0.25, 0.3) is 11.8 Å². The molecule has 2 aromatic carbocycles. The normalized spacial score (nSPS) is 14.0. The Balaban J connectivity index is 1.79. The van der Waals surface area contributed by atoms with E-state index < -0.39 is 0 Å². The second-order valence-electron chi connectivity index (χ2n) is 6.37. The van der Waals surface area contributed by atoms with Gasteiger partial charge in [-0.2, -0.15) is 0 Å². The molecule has 2 amide bonds. The van der Waals surface area contributed by atoms with E-state index in [1.54, 1.807) is 19.2 Å². The van der Waals surface area contributed by atoms with Gasteiger partial charge in [-0.05, 0) is 48.2 Å². The van der Waals surface area contributed by atoms with Crippen LogP contribution in [0.1, 0.15) is 10.4 Å². The highest BCUT2D eigenvalue weighted by molar-refractivity contribution is 7.11. The zero-order valence-electron chi connectivity index (χ0n) is 15.4. The minimum absolute atomic E-state index is 0.266. The third-order valence-electron chi connectivity index (χ3n) is 4.45. The third kappa shape index (κ3) is 3.18. The molecule has 3 aromatic rings. The van der Waals surface area contributed by atoms with Gasteiger partial charge in [0.2, 0.25) is 0 Å². The van der Waals surface area contributed by atoms with Crippen LogP contribution in [-0.2, 0) is 9.59 Å². The quantitative estimate of drug-likeness (QED) is 0.654. The predicted molar refractivity (Wildman–Crippen MR) is 112 cm³/mol. The molecule has 0 radical (unpaired) electrons. The van der Waals surface area contributed by atoms with E-state index in [4.69, 9.17) is 4.74 Å². The lowest BCUT2D eigenvalue weighted by Gasteiger charge is -2.16. The van der Waals surface area contributed by atoms with Crippen molar-refractivity contribution in [3.63, 3.8) is 0 Å². The number of anilines is 2. The van der Waals surface area contributed by atoms with E-state index in [0.29, 0.717) is 22.7 Å². The Bertz CT molecular complexity index is 1090. The molecule has 1 aliphatic rings. The minimum atomic E-state index is -0.373. The number of imide groups is 1. The number of hydrogen-bond donors (Lipinski definition) is 1. The summed E-state index contributed by atoms with van der Waals surface area (Å²) in [6.07, 6.45) is 0. The molecular weight excluding hydrogens is 372 g/mol. The molecule has 2 heterocycles. The zero-order chi connectivity index (χ0) is 19.7. The van der Waals surface area contributed by atoms with E-state index >= 15 is 0 Å². The van der Waals surface area contributed by atoms with Crippen LogP contribution in [0.2, 0.25) is 0 Å². The summed E-state index contributed by atoms with van der Waals surface area (Å²) in [5.41, 5.74) is 2.86. The molecule has 1 aliphatic heterocycles. The van der Waals surface area contributed by atoms with Gasteiger partial charge in [-0.25, -0.2) is 4.90 Å². The number of nitrogens with one attached hydrogen (secondary N) is 1. The molecule has 28 heavy (non-hydrogen) atoms. The fraction of sp³-hybridized carbons (Fsp3) is 0.0909. The Labute approximate surface area is 166 Å². The van der Waals surface area contributed by atoms with Crippen molar-refractivity contribution in [1.29, 1.82) is 0 Å². The van der Waals surface area contributed by atoms with Gasteiger partial charge in [0, 0.05) is 16.6 Å². The largest absolute Gasteiger partial charge is 0.497 e. The summed E-state index contributed by atoms with van der Waals surface area (Å²) in [5.74, 6) is -0.0409. The number of ether oxygens (including phenoxy) is 1. The standard InChI is InChI=1S/C22H18N2O3S/c1-14-6-3-8-16(12-14)24-21(25)19(18-10-5-11-28-18)20(22(24)26)23-15-7-4-9-17(13-15)27-2/h3-13,23H,1-2H3. The molecule has 0 saturated carbocycles. The Morgan fingerprint density at radius 3 is 2.50 bits per heavy atom. The lowest BCUT2D eigenvalue weighted by atomic mass is 10.1. The van der Waals surface area contributed by atoms with Crippen LogP contribution in [0.15, 0.2) is 71.7 Å². The number of benzene rings is 2. The van der Waals surface area contributed by atoms with E-state index in [-0.39, 0.29) is 17.5 Å². The summed E-state index contributed by atoms with van der Waals surface area (Å²) in [7, 11) is 1.58. The van der Waals surface area contributed by atoms with Crippen LogP contribution < -0.4 is 15.0 Å². The van der Waals surface area contributed by atoms with Crippen LogP contribution in [-0.4, -0.2) is 18.9 Å². The molecule has 0 aliphatic carbocycles. The van der Waals surface area contributed by atoms with Gasteiger partial charge in [-0.3, -0.25) is 9.59 Å². The molecule has 0 fully saturated rings. The van der Waals surface area contributed by atoms with Gasteiger partial charge in [0.05, 0.1) is 18.4 Å². The molecule has 0 bridgehead atoms. The Kier molecular flexibility index (Phi) is 4.71. The van der Waals surface area contributed by atoms with Crippen molar-refractivity contribution < 1.29 is 14.3 Å². The summed E-state index contributed by atoms with van der Waals surface area (Å²) in [5, 5.41) is 5.03. The minimum Gasteiger partial charge on any atom is -0.497 e. The molecular formula is C22H18N2O3S. The smallest absolute Gasteiger partial charge is 0.282 e. The van der Waals surface area contributed by atoms with E-state index in [0.717, 1.165) is 10.4 Å². The van der Waals surface area contributed by atoms with Crippen LogP contribution in [0, 0.1) is 6.92 Å². The molecule has 1 N–H and O–H groups in total. The lowest BCUT2D eigenvalue weighted by Crippen LogP contribution is -2.32. The number of thiophene rings is 1. The molecule has 1 aromatic heterocycles. The van der Waals surface area contributed by atoms with E-state index in [1.807, 2.05) is 60.8 Å². The van der Waals surface area contributed by atoms with Crippen LogP contribution in [0.5, 0.6) is 5.75 Å². The number of carbonyl (C=O) groups excluding carboxylic acids is 2. The van der Waals surface area contributed by atoms with Crippen molar-refractivity contribution in [3.8, 4) is 5.75 Å². The van der Waals surface area contributed by atoms with Gasteiger partial charge >= 0.3 is 0 Å². The molecule has 0 spiro atoms. The van der Waals surface area contributed by atoms with Gasteiger partial charge < -0.3 is 10.1 Å². The molecule has 0 saturated heterocycles. The van der Waals surface area contributed by atoms with Gasteiger partial charge in [-0.15, -0.1) is 11.3 Å². The maximum absolute atomic E-state index is 13.3. The fourth-order valence-electron chi connectivity index (χ4n) is 3.14. The summed E-state index contributed by atoms with van der Waals surface area (Å²) in [4.78, 5) is 28.5. The van der Waals surface area contributed by atoms with Gasteiger partial charge in [-0.1, -0.05) is 24.3 Å². The Morgan fingerprint density at radius 2 is 1.79 bits per heavy atom. The van der Waals surface area contributed by atoms with Gasteiger partial charge in [0.15, 0.2) is 0 Å². The number of hydrogen-bond acceptors (Lipinski definition) is 5. The van der Waals surface area contributed by atoms with Crippen LogP contribution in [0.25, 0.3) is 5.57 Å². The molecule has 0 atom stereocenters. The first-order valence-electron chi connectivity index (χ1n) is 8.73. The van der Waals surface area contributed by atoms with Crippen LogP contribution >= 0.6 is 11.3 Å². The number of aryl methyl sites for hydroxylation is 1. The summed E-state index contributed by atoms with van der Waals surface area (Å²) in [6.45, 7) is 1.93. The summed E-state index contributed by atoms with van der Waals surface area (Å²) < 4.78 is 5.25. The number of nitrogens with zero attached hydrogens (tertiary/aromatic N) is 1. The van der Waals surface area contributed by atoms with E-state index in [1.165, 1.54) is 16.2 Å². The van der Waals surface area contributed by atoms with Crippen molar-refractivity contribution in [3.05, 3.63) is 82.2 Å². The highest BCUT2D eigenvalue weighted by Crippen LogP contribution is 2.36. The van der Waals surface area contributed by atoms with Crippen LogP contribution in [0.4, 0.5) is 11.4 Å². The zero-order valence-corrected chi connectivity index (χ0v) is 16.2. The molecule has 0 unspecified atom stereocenters. The topological polar surface area (TPSA) is 58.6 Å². The maximum atomic E-state index is 13.3. The highest BCUT2D eigenvalue weighted by Gasteiger charge is 2.40. The van der Waals surface area contributed by atoms with Crippen molar-refractivity contribution in [2.45, 2.75) is 6.92 Å². The second-order valence-corrected chi connectivity index (χ2v) is 7.32. The molecule has 5 nitrogen and oxygen atoms in total. The van der Waals surface area contributed by atoms with Crippen LogP contribution in [0.3, 0.4) is 0 Å². The number of methoxy groups -OCH3 is 1. The molecule has 6 heteroatoms. The van der Waals surface area contributed by atoms with Gasteiger partial charge in [0.1, 0.15) is 11.4 Å². The average molecular weight is 390 g/mol. The predicted octanol–water partition coefficient (Wildman–Crippen LogP) is 4.46. The molecule has 140 valence electrons. The number of amides is 2. The summed E-state index contributed by atoms with van der Waals surface area (Å²) in [6, 6.07) is 18.3. The Morgan fingerprint density at radius 1 is 0.964 bits per heavy atom.